The SMILES string of the molecule is Cc1cc2nc(C(F)(F)F)c(=O)n([C@@H](C)C(=O)N3CCCCCC3)c2cc1C. The lowest BCUT2D eigenvalue weighted by Crippen LogP contribution is -2.41. The van der Waals surface area contributed by atoms with Crippen molar-refractivity contribution in [1.29, 1.82) is 0 Å². The Labute approximate surface area is 161 Å². The second-order valence-corrected chi connectivity index (χ2v) is 7.47. The Bertz CT molecular complexity index is 958. The van der Waals surface area contributed by atoms with E-state index in [-0.39, 0.29) is 16.9 Å². The number of carbonyl (C=O) groups excluding carboxylic acids is 1. The number of aromatic nitrogens is 2. The van der Waals surface area contributed by atoms with Gasteiger partial charge < -0.3 is 4.90 Å². The molecular formula is C20H24F3N3O2. The third-order valence-corrected chi connectivity index (χ3v) is 5.43. The van der Waals surface area contributed by atoms with Crippen molar-refractivity contribution in [1.82, 2.24) is 14.5 Å². The van der Waals surface area contributed by atoms with E-state index in [4.69, 9.17) is 0 Å². The van der Waals surface area contributed by atoms with Gasteiger partial charge in [0.1, 0.15) is 6.04 Å². The molecule has 1 amide bonds. The Morgan fingerprint density at radius 1 is 1.07 bits per heavy atom. The molecule has 3 rings (SSSR count). The quantitative estimate of drug-likeness (QED) is 0.773. The lowest BCUT2D eigenvalue weighted by molar-refractivity contribution is -0.143. The molecule has 1 aromatic carbocycles. The molecule has 1 aliphatic heterocycles. The van der Waals surface area contributed by atoms with Gasteiger partial charge in [-0.1, -0.05) is 12.8 Å². The number of hydrogen-bond acceptors (Lipinski definition) is 3. The molecular weight excluding hydrogens is 371 g/mol. The van der Waals surface area contributed by atoms with Crippen LogP contribution in [-0.2, 0) is 11.0 Å². The van der Waals surface area contributed by atoms with Crippen LogP contribution in [0.4, 0.5) is 13.2 Å². The van der Waals surface area contributed by atoms with E-state index in [0.717, 1.165) is 41.4 Å². The van der Waals surface area contributed by atoms with E-state index in [2.05, 4.69) is 4.98 Å². The van der Waals surface area contributed by atoms with Crippen LogP contribution in [0.5, 0.6) is 0 Å². The topological polar surface area (TPSA) is 55.2 Å². The van der Waals surface area contributed by atoms with Gasteiger partial charge in [0.25, 0.3) is 5.56 Å². The third-order valence-electron chi connectivity index (χ3n) is 5.43. The Hall–Kier alpha value is -2.38. The molecule has 8 heteroatoms. The first kappa shape index (κ1) is 20.4. The summed E-state index contributed by atoms with van der Waals surface area (Å²) in [4.78, 5) is 31.0. The molecule has 0 bridgehead atoms. The van der Waals surface area contributed by atoms with E-state index in [1.54, 1.807) is 17.9 Å². The van der Waals surface area contributed by atoms with Crippen molar-refractivity contribution >= 4 is 16.9 Å². The summed E-state index contributed by atoms with van der Waals surface area (Å²) in [6.45, 7) is 6.19. The smallest absolute Gasteiger partial charge is 0.341 e. The van der Waals surface area contributed by atoms with Gasteiger partial charge in [-0.15, -0.1) is 0 Å². The average molecular weight is 395 g/mol. The molecule has 2 aromatic rings. The Morgan fingerprint density at radius 3 is 2.21 bits per heavy atom. The number of aryl methyl sites for hydroxylation is 2. The molecule has 0 unspecified atom stereocenters. The lowest BCUT2D eigenvalue weighted by atomic mass is 10.1. The van der Waals surface area contributed by atoms with Crippen LogP contribution in [0.3, 0.4) is 0 Å². The summed E-state index contributed by atoms with van der Waals surface area (Å²) in [7, 11) is 0. The van der Waals surface area contributed by atoms with Gasteiger partial charge >= 0.3 is 6.18 Å². The maximum Gasteiger partial charge on any atom is 0.438 e. The standard InChI is InChI=1S/C20H24F3N3O2/c1-12-10-15-16(11-13(12)2)26(19(28)17(24-15)20(21,22)23)14(3)18(27)25-8-6-4-5-7-9-25/h10-11,14H,4-9H2,1-3H3/t14-/m0/s1. The van der Waals surface area contributed by atoms with E-state index in [0.29, 0.717) is 13.1 Å². The summed E-state index contributed by atoms with van der Waals surface area (Å²) in [6, 6.07) is 2.11. The highest BCUT2D eigenvalue weighted by Gasteiger charge is 2.38. The van der Waals surface area contributed by atoms with Gasteiger partial charge in [-0.2, -0.15) is 13.2 Å². The third kappa shape index (κ3) is 3.77. The van der Waals surface area contributed by atoms with Crippen LogP contribution in [-0.4, -0.2) is 33.4 Å². The molecule has 0 spiro atoms. The minimum Gasteiger partial charge on any atom is -0.341 e. The predicted molar refractivity (Wildman–Crippen MR) is 100 cm³/mol. The van der Waals surface area contributed by atoms with Crippen molar-refractivity contribution in [2.75, 3.05) is 13.1 Å². The number of hydrogen-bond donors (Lipinski definition) is 0. The zero-order valence-electron chi connectivity index (χ0n) is 16.3. The molecule has 0 radical (unpaired) electrons. The summed E-state index contributed by atoms with van der Waals surface area (Å²) in [5.41, 5.74) is -0.874. The number of halogens is 3. The van der Waals surface area contributed by atoms with Crippen molar-refractivity contribution < 1.29 is 18.0 Å². The minimum absolute atomic E-state index is 0.0607. The molecule has 1 aromatic heterocycles. The van der Waals surface area contributed by atoms with Gasteiger partial charge in [0.2, 0.25) is 11.6 Å². The van der Waals surface area contributed by atoms with Crippen LogP contribution < -0.4 is 5.56 Å². The summed E-state index contributed by atoms with van der Waals surface area (Å²) < 4.78 is 41.3. The molecule has 1 fully saturated rings. The van der Waals surface area contributed by atoms with Gasteiger partial charge in [-0.3, -0.25) is 14.2 Å². The van der Waals surface area contributed by atoms with Gasteiger partial charge in [0.15, 0.2) is 0 Å². The van der Waals surface area contributed by atoms with Crippen molar-refractivity contribution in [2.24, 2.45) is 0 Å². The van der Waals surface area contributed by atoms with Crippen LogP contribution >= 0.6 is 0 Å². The number of rotatable bonds is 2. The molecule has 5 nitrogen and oxygen atoms in total. The number of likely N-dealkylation sites (tertiary alicyclic amines) is 1. The second kappa shape index (κ2) is 7.56. The van der Waals surface area contributed by atoms with Gasteiger partial charge in [-0.25, -0.2) is 4.98 Å². The van der Waals surface area contributed by atoms with Crippen molar-refractivity contribution in [3.05, 3.63) is 39.3 Å². The van der Waals surface area contributed by atoms with Gasteiger partial charge in [-0.05, 0) is 56.9 Å². The fourth-order valence-corrected chi connectivity index (χ4v) is 3.69. The highest BCUT2D eigenvalue weighted by molar-refractivity contribution is 5.84. The maximum absolute atomic E-state index is 13.4. The van der Waals surface area contributed by atoms with Crippen LogP contribution in [0.2, 0.25) is 0 Å². The zero-order valence-corrected chi connectivity index (χ0v) is 16.3. The Kier molecular flexibility index (Phi) is 5.50. The van der Waals surface area contributed by atoms with Crippen molar-refractivity contribution in [2.45, 2.75) is 58.7 Å². The van der Waals surface area contributed by atoms with E-state index < -0.39 is 23.5 Å². The number of benzene rings is 1. The predicted octanol–water partition coefficient (Wildman–Crippen LogP) is 4.00. The van der Waals surface area contributed by atoms with Gasteiger partial charge in [0, 0.05) is 13.1 Å². The first-order valence-corrected chi connectivity index (χ1v) is 9.50. The maximum atomic E-state index is 13.4. The molecule has 1 aliphatic rings. The highest BCUT2D eigenvalue weighted by Crippen LogP contribution is 2.29. The Morgan fingerprint density at radius 2 is 1.64 bits per heavy atom. The molecule has 0 aliphatic carbocycles. The minimum atomic E-state index is -4.89. The molecule has 28 heavy (non-hydrogen) atoms. The van der Waals surface area contributed by atoms with Crippen molar-refractivity contribution in [3.8, 4) is 0 Å². The lowest BCUT2D eigenvalue weighted by Gasteiger charge is -2.26. The zero-order chi connectivity index (χ0) is 20.6. The number of carbonyl (C=O) groups is 1. The number of nitrogens with zero attached hydrogens (tertiary/aromatic N) is 3. The number of fused-ring (bicyclic) bond motifs is 1. The van der Waals surface area contributed by atoms with Crippen LogP contribution in [0.1, 0.15) is 55.5 Å². The molecule has 2 heterocycles. The first-order chi connectivity index (χ1) is 13.1. The molecule has 1 saturated heterocycles. The van der Waals surface area contributed by atoms with E-state index in [9.17, 15) is 22.8 Å². The average Bonchev–Trinajstić information content (AvgIpc) is 2.90. The van der Waals surface area contributed by atoms with Gasteiger partial charge in [0.05, 0.1) is 11.0 Å². The van der Waals surface area contributed by atoms with E-state index in [1.165, 1.54) is 13.0 Å². The fourth-order valence-electron chi connectivity index (χ4n) is 3.69. The number of alkyl halides is 3. The molecule has 152 valence electrons. The van der Waals surface area contributed by atoms with Crippen LogP contribution in [0, 0.1) is 13.8 Å². The van der Waals surface area contributed by atoms with E-state index in [1.807, 2.05) is 6.92 Å². The molecule has 1 atom stereocenters. The van der Waals surface area contributed by atoms with Crippen molar-refractivity contribution in [3.63, 3.8) is 0 Å². The summed E-state index contributed by atoms with van der Waals surface area (Å²) in [6.07, 6.45) is -1.13. The van der Waals surface area contributed by atoms with E-state index >= 15 is 0 Å². The molecule has 0 saturated carbocycles. The second-order valence-electron chi connectivity index (χ2n) is 7.47. The summed E-state index contributed by atoms with van der Waals surface area (Å²) >= 11 is 0. The molecule has 0 N–H and O–H groups in total. The summed E-state index contributed by atoms with van der Waals surface area (Å²) in [5.74, 6) is -0.331. The first-order valence-electron chi connectivity index (χ1n) is 9.50. The Balaban J connectivity index is 2.19. The summed E-state index contributed by atoms with van der Waals surface area (Å²) in [5, 5.41) is 0. The van der Waals surface area contributed by atoms with Crippen LogP contribution in [0.15, 0.2) is 16.9 Å². The van der Waals surface area contributed by atoms with Crippen LogP contribution in [0.25, 0.3) is 11.0 Å². The fraction of sp³-hybridized carbons (Fsp3) is 0.550. The highest BCUT2D eigenvalue weighted by atomic mass is 19.4. The number of amides is 1. The normalized spacial score (nSPS) is 16.9. The monoisotopic (exact) mass is 395 g/mol. The largest absolute Gasteiger partial charge is 0.438 e.